The van der Waals surface area contributed by atoms with Crippen molar-refractivity contribution >= 4 is 17.0 Å². The van der Waals surface area contributed by atoms with E-state index >= 15 is 0 Å². The molecule has 2 N–H and O–H groups in total. The summed E-state index contributed by atoms with van der Waals surface area (Å²) in [6.45, 7) is 7.22. The first-order valence-electron chi connectivity index (χ1n) is 6.18. The SMILES string of the molecule is CC(C)(C)c1ccc(CNc2ccc(O)c(F)c2)s1. The minimum Gasteiger partial charge on any atom is -0.505 e. The molecule has 0 radical (unpaired) electrons. The Hall–Kier alpha value is -1.55. The second kappa shape index (κ2) is 5.21. The second-order valence-corrected chi connectivity index (χ2v) is 6.70. The Morgan fingerprint density at radius 1 is 1.21 bits per heavy atom. The summed E-state index contributed by atoms with van der Waals surface area (Å²) in [5.74, 6) is -0.928. The van der Waals surface area contributed by atoms with Crippen LogP contribution in [-0.2, 0) is 12.0 Å². The molecule has 0 fully saturated rings. The maximum Gasteiger partial charge on any atom is 0.166 e. The smallest absolute Gasteiger partial charge is 0.166 e. The minimum atomic E-state index is -0.605. The lowest BCUT2D eigenvalue weighted by atomic mass is 9.95. The molecule has 102 valence electrons. The molecule has 0 spiro atoms. The molecule has 19 heavy (non-hydrogen) atoms. The van der Waals surface area contributed by atoms with E-state index in [2.05, 4.69) is 38.2 Å². The summed E-state index contributed by atoms with van der Waals surface area (Å²) in [7, 11) is 0. The summed E-state index contributed by atoms with van der Waals surface area (Å²) >= 11 is 1.76. The van der Waals surface area contributed by atoms with Crippen molar-refractivity contribution in [3.63, 3.8) is 0 Å². The molecule has 1 heterocycles. The minimum absolute atomic E-state index is 0.160. The third kappa shape index (κ3) is 3.47. The van der Waals surface area contributed by atoms with Gasteiger partial charge >= 0.3 is 0 Å². The van der Waals surface area contributed by atoms with Gasteiger partial charge < -0.3 is 10.4 Å². The van der Waals surface area contributed by atoms with Crippen LogP contribution in [0.1, 0.15) is 30.5 Å². The highest BCUT2D eigenvalue weighted by Crippen LogP contribution is 2.30. The van der Waals surface area contributed by atoms with Gasteiger partial charge in [0.15, 0.2) is 11.6 Å². The number of halogens is 1. The maximum atomic E-state index is 13.2. The van der Waals surface area contributed by atoms with Crippen molar-refractivity contribution < 1.29 is 9.50 Å². The summed E-state index contributed by atoms with van der Waals surface area (Å²) in [4.78, 5) is 2.54. The maximum absolute atomic E-state index is 13.2. The van der Waals surface area contributed by atoms with Gasteiger partial charge in [0.05, 0.1) is 0 Å². The average molecular weight is 279 g/mol. The van der Waals surface area contributed by atoms with Crippen LogP contribution in [0, 0.1) is 5.82 Å². The number of phenols is 1. The van der Waals surface area contributed by atoms with E-state index in [0.717, 1.165) is 0 Å². The van der Waals surface area contributed by atoms with Gasteiger partial charge in [0.1, 0.15) is 0 Å². The van der Waals surface area contributed by atoms with Crippen LogP contribution in [-0.4, -0.2) is 5.11 Å². The second-order valence-electron chi connectivity index (χ2n) is 5.54. The van der Waals surface area contributed by atoms with Crippen LogP contribution in [0.5, 0.6) is 5.75 Å². The number of nitrogens with one attached hydrogen (secondary N) is 1. The zero-order chi connectivity index (χ0) is 14.0. The Bertz CT molecular complexity index is 572. The first-order valence-corrected chi connectivity index (χ1v) is 6.99. The normalized spacial score (nSPS) is 11.6. The fraction of sp³-hybridized carbons (Fsp3) is 0.333. The largest absolute Gasteiger partial charge is 0.505 e. The highest BCUT2D eigenvalue weighted by atomic mass is 32.1. The molecule has 0 amide bonds. The number of benzene rings is 1. The van der Waals surface area contributed by atoms with Crippen LogP contribution in [0.4, 0.5) is 10.1 Å². The number of phenolic OH excluding ortho intramolecular Hbond substituents is 1. The molecule has 0 atom stereocenters. The summed E-state index contributed by atoms with van der Waals surface area (Å²) < 4.78 is 13.2. The van der Waals surface area contributed by atoms with Crippen LogP contribution in [0.2, 0.25) is 0 Å². The molecule has 0 aliphatic heterocycles. The van der Waals surface area contributed by atoms with E-state index in [0.29, 0.717) is 12.2 Å². The molecule has 2 nitrogen and oxygen atoms in total. The van der Waals surface area contributed by atoms with Gasteiger partial charge in [0.25, 0.3) is 0 Å². The molecule has 1 aromatic heterocycles. The zero-order valence-electron chi connectivity index (χ0n) is 11.3. The first-order chi connectivity index (χ1) is 8.86. The van der Waals surface area contributed by atoms with Gasteiger partial charge in [-0.3, -0.25) is 0 Å². The predicted molar refractivity (Wildman–Crippen MR) is 78.4 cm³/mol. The highest BCUT2D eigenvalue weighted by Gasteiger charge is 2.15. The van der Waals surface area contributed by atoms with Crippen molar-refractivity contribution in [3.8, 4) is 5.75 Å². The lowest BCUT2D eigenvalue weighted by Gasteiger charge is -2.15. The van der Waals surface area contributed by atoms with Gasteiger partial charge in [-0.05, 0) is 29.7 Å². The lowest BCUT2D eigenvalue weighted by Crippen LogP contribution is -2.07. The molecule has 0 saturated heterocycles. The summed E-state index contributed by atoms with van der Waals surface area (Å²) in [5, 5.41) is 12.3. The molecular weight excluding hydrogens is 261 g/mol. The van der Waals surface area contributed by atoms with E-state index in [9.17, 15) is 4.39 Å². The van der Waals surface area contributed by atoms with E-state index in [-0.39, 0.29) is 11.2 Å². The average Bonchev–Trinajstić information content (AvgIpc) is 2.79. The number of hydrogen-bond donors (Lipinski definition) is 2. The molecule has 0 unspecified atom stereocenters. The monoisotopic (exact) mass is 279 g/mol. The summed E-state index contributed by atoms with van der Waals surface area (Å²) in [6, 6.07) is 8.55. The van der Waals surface area contributed by atoms with Gasteiger partial charge in [0, 0.05) is 28.1 Å². The van der Waals surface area contributed by atoms with Crippen LogP contribution in [0.3, 0.4) is 0 Å². The van der Waals surface area contributed by atoms with Crippen molar-refractivity contribution in [1.82, 2.24) is 0 Å². The standard InChI is InChI=1S/C15H18FNOS/c1-15(2,3)14-7-5-11(19-14)9-17-10-4-6-13(18)12(16)8-10/h4-8,17-18H,9H2,1-3H3. The van der Waals surface area contributed by atoms with Gasteiger partial charge in [-0.25, -0.2) is 4.39 Å². The fourth-order valence-corrected chi connectivity index (χ4v) is 2.69. The van der Waals surface area contributed by atoms with Gasteiger partial charge in [0.2, 0.25) is 0 Å². The number of hydrogen-bond acceptors (Lipinski definition) is 3. The quantitative estimate of drug-likeness (QED) is 0.811. The van der Waals surface area contributed by atoms with Crippen molar-refractivity contribution in [3.05, 3.63) is 45.9 Å². The van der Waals surface area contributed by atoms with Crippen LogP contribution in [0.15, 0.2) is 30.3 Å². The molecule has 0 aliphatic carbocycles. The Labute approximate surface area is 116 Å². The third-order valence-corrected chi connectivity index (χ3v) is 4.33. The summed E-state index contributed by atoms with van der Waals surface area (Å²) in [5.41, 5.74) is 0.828. The molecule has 2 aromatic rings. The van der Waals surface area contributed by atoms with Crippen molar-refractivity contribution in [2.24, 2.45) is 0 Å². The molecule has 0 saturated carbocycles. The fourth-order valence-electron chi connectivity index (χ4n) is 1.68. The molecule has 2 rings (SSSR count). The number of aromatic hydroxyl groups is 1. The van der Waals surface area contributed by atoms with E-state index in [4.69, 9.17) is 5.11 Å². The van der Waals surface area contributed by atoms with Crippen LogP contribution >= 0.6 is 11.3 Å². The van der Waals surface area contributed by atoms with Gasteiger partial charge in [-0.1, -0.05) is 20.8 Å². The molecule has 0 bridgehead atoms. The Kier molecular flexibility index (Phi) is 3.80. The van der Waals surface area contributed by atoms with Gasteiger partial charge in [-0.2, -0.15) is 0 Å². The van der Waals surface area contributed by atoms with Crippen molar-refractivity contribution in [1.29, 1.82) is 0 Å². The highest BCUT2D eigenvalue weighted by molar-refractivity contribution is 7.12. The molecular formula is C15H18FNOS. The number of anilines is 1. The first kappa shape index (κ1) is 13.9. The van der Waals surface area contributed by atoms with Gasteiger partial charge in [-0.15, -0.1) is 11.3 Å². The van der Waals surface area contributed by atoms with E-state index < -0.39 is 5.82 Å². The number of thiophene rings is 1. The van der Waals surface area contributed by atoms with Crippen molar-refractivity contribution in [2.75, 3.05) is 5.32 Å². The van der Waals surface area contributed by atoms with E-state index in [1.165, 1.54) is 21.9 Å². The third-order valence-electron chi connectivity index (χ3n) is 2.82. The lowest BCUT2D eigenvalue weighted by molar-refractivity contribution is 0.432. The van der Waals surface area contributed by atoms with Crippen LogP contribution in [0.25, 0.3) is 0 Å². The van der Waals surface area contributed by atoms with Crippen molar-refractivity contribution in [2.45, 2.75) is 32.7 Å². The Balaban J connectivity index is 2.02. The topological polar surface area (TPSA) is 32.3 Å². The molecule has 1 aromatic carbocycles. The number of rotatable bonds is 3. The summed E-state index contributed by atoms with van der Waals surface area (Å²) in [6.07, 6.45) is 0. The Morgan fingerprint density at radius 2 is 1.95 bits per heavy atom. The van der Waals surface area contributed by atoms with Crippen LogP contribution < -0.4 is 5.32 Å². The Morgan fingerprint density at radius 3 is 2.53 bits per heavy atom. The molecule has 0 aliphatic rings. The predicted octanol–water partition coefficient (Wildman–Crippen LogP) is 4.50. The van der Waals surface area contributed by atoms with E-state index in [1.807, 2.05) is 0 Å². The zero-order valence-corrected chi connectivity index (χ0v) is 12.1. The van der Waals surface area contributed by atoms with E-state index in [1.54, 1.807) is 17.4 Å². The molecule has 4 heteroatoms.